The van der Waals surface area contributed by atoms with Gasteiger partial charge >= 0.3 is 6.18 Å². The van der Waals surface area contributed by atoms with Gasteiger partial charge in [-0.05, 0) is 29.8 Å². The van der Waals surface area contributed by atoms with E-state index in [9.17, 15) is 13.2 Å². The second kappa shape index (κ2) is 7.38. The maximum Gasteiger partial charge on any atom is 0.416 e. The number of alkyl halides is 3. The molecule has 0 saturated carbocycles. The smallest absolute Gasteiger partial charge is 0.416 e. The monoisotopic (exact) mass is 346 g/mol. The van der Waals surface area contributed by atoms with Gasteiger partial charge in [-0.1, -0.05) is 12.1 Å². The van der Waals surface area contributed by atoms with Crippen molar-refractivity contribution in [1.29, 1.82) is 0 Å². The first-order valence-electron chi connectivity index (χ1n) is 7.21. The van der Waals surface area contributed by atoms with Crippen LogP contribution in [0, 0.1) is 0 Å². The van der Waals surface area contributed by atoms with Crippen molar-refractivity contribution in [2.24, 2.45) is 0 Å². The lowest BCUT2D eigenvalue weighted by Crippen LogP contribution is -2.45. The number of piperazine rings is 1. The van der Waals surface area contributed by atoms with E-state index >= 15 is 0 Å². The van der Waals surface area contributed by atoms with Crippen molar-refractivity contribution < 1.29 is 17.6 Å². The van der Waals surface area contributed by atoms with Gasteiger partial charge in [-0.2, -0.15) is 13.2 Å². The highest BCUT2D eigenvalue weighted by Gasteiger charge is 2.31. The molecule has 23 heavy (non-hydrogen) atoms. The summed E-state index contributed by atoms with van der Waals surface area (Å²) in [6.07, 6.45) is -2.72. The maximum absolute atomic E-state index is 12.7. The molecule has 7 heteroatoms. The van der Waals surface area contributed by atoms with E-state index in [1.165, 1.54) is 12.1 Å². The summed E-state index contributed by atoms with van der Waals surface area (Å²) in [7, 11) is 0. The zero-order valence-corrected chi connectivity index (χ0v) is 13.2. The molecule has 1 saturated heterocycles. The van der Waals surface area contributed by atoms with Crippen molar-refractivity contribution in [3.05, 3.63) is 59.5 Å². The van der Waals surface area contributed by atoms with Gasteiger partial charge in [-0.25, -0.2) is 0 Å². The predicted molar refractivity (Wildman–Crippen MR) is 83.7 cm³/mol. The van der Waals surface area contributed by atoms with Gasteiger partial charge < -0.3 is 9.73 Å². The predicted octanol–water partition coefficient (Wildman–Crippen LogP) is 3.71. The highest BCUT2D eigenvalue weighted by molar-refractivity contribution is 5.85. The van der Waals surface area contributed by atoms with Gasteiger partial charge in [0.15, 0.2) is 0 Å². The molecule has 3 nitrogen and oxygen atoms in total. The van der Waals surface area contributed by atoms with Crippen LogP contribution in [0.5, 0.6) is 0 Å². The SMILES string of the molecule is Cl.FC(F)(F)c1ccc([C@@H](c2ccco2)N2CCNCC2)cc1. The summed E-state index contributed by atoms with van der Waals surface area (Å²) >= 11 is 0. The van der Waals surface area contributed by atoms with Crippen LogP contribution >= 0.6 is 12.4 Å². The third-order valence-corrected chi connectivity index (χ3v) is 3.88. The van der Waals surface area contributed by atoms with Crippen LogP contribution in [0.25, 0.3) is 0 Å². The Balaban J connectivity index is 0.00000192. The van der Waals surface area contributed by atoms with Gasteiger partial charge in [0.2, 0.25) is 0 Å². The number of furan rings is 1. The van der Waals surface area contributed by atoms with Gasteiger partial charge in [-0.15, -0.1) is 12.4 Å². The fourth-order valence-corrected chi connectivity index (χ4v) is 2.80. The summed E-state index contributed by atoms with van der Waals surface area (Å²) in [5.41, 5.74) is 0.180. The Morgan fingerprint density at radius 3 is 2.22 bits per heavy atom. The molecule has 0 radical (unpaired) electrons. The van der Waals surface area contributed by atoms with E-state index < -0.39 is 11.7 Å². The van der Waals surface area contributed by atoms with Crippen LogP contribution in [0.1, 0.15) is 22.9 Å². The van der Waals surface area contributed by atoms with Crippen molar-refractivity contribution in [1.82, 2.24) is 10.2 Å². The first-order valence-corrected chi connectivity index (χ1v) is 7.21. The average molecular weight is 347 g/mol. The third kappa shape index (κ3) is 4.07. The minimum atomic E-state index is -4.31. The van der Waals surface area contributed by atoms with Crippen LogP contribution in [-0.2, 0) is 6.18 Å². The molecule has 1 aliphatic rings. The Morgan fingerprint density at radius 2 is 1.70 bits per heavy atom. The molecule has 3 rings (SSSR count). The molecule has 0 bridgehead atoms. The molecule has 2 aromatic rings. The van der Waals surface area contributed by atoms with Crippen molar-refractivity contribution in [3.8, 4) is 0 Å². The third-order valence-electron chi connectivity index (χ3n) is 3.88. The molecular weight excluding hydrogens is 329 g/mol. The van der Waals surface area contributed by atoms with Crippen LogP contribution in [0.4, 0.5) is 13.2 Å². The molecule has 0 spiro atoms. The summed E-state index contributed by atoms with van der Waals surface area (Å²) in [5.74, 6) is 0.752. The summed E-state index contributed by atoms with van der Waals surface area (Å²) in [4.78, 5) is 2.22. The molecule has 0 aliphatic carbocycles. The minimum absolute atomic E-state index is 0. The zero-order valence-electron chi connectivity index (χ0n) is 12.3. The Morgan fingerprint density at radius 1 is 1.04 bits per heavy atom. The average Bonchev–Trinajstić information content (AvgIpc) is 3.02. The van der Waals surface area contributed by atoms with E-state index in [-0.39, 0.29) is 18.4 Å². The summed E-state index contributed by atoms with van der Waals surface area (Å²) < 4.78 is 43.7. The van der Waals surface area contributed by atoms with E-state index in [0.717, 1.165) is 49.6 Å². The van der Waals surface area contributed by atoms with Gasteiger partial charge in [-0.3, -0.25) is 4.90 Å². The van der Waals surface area contributed by atoms with Crippen molar-refractivity contribution in [3.63, 3.8) is 0 Å². The summed E-state index contributed by atoms with van der Waals surface area (Å²) in [6.45, 7) is 3.37. The highest BCUT2D eigenvalue weighted by atomic mass is 35.5. The Hall–Kier alpha value is -1.50. The normalized spacial score (nSPS) is 17.5. The zero-order chi connectivity index (χ0) is 15.6. The van der Waals surface area contributed by atoms with E-state index in [4.69, 9.17) is 4.42 Å². The first kappa shape index (κ1) is 17.8. The molecule has 0 amide bonds. The molecular formula is C16H18ClF3N2O. The lowest BCUT2D eigenvalue weighted by molar-refractivity contribution is -0.137. The van der Waals surface area contributed by atoms with Crippen LogP contribution in [-0.4, -0.2) is 31.1 Å². The van der Waals surface area contributed by atoms with Gasteiger partial charge in [0.05, 0.1) is 17.9 Å². The lowest BCUT2D eigenvalue weighted by atomic mass is 10.0. The summed E-state index contributed by atoms with van der Waals surface area (Å²) in [5, 5.41) is 3.27. The van der Waals surface area contributed by atoms with Crippen LogP contribution in [0.2, 0.25) is 0 Å². The first-order chi connectivity index (χ1) is 10.6. The largest absolute Gasteiger partial charge is 0.467 e. The fraction of sp³-hybridized carbons (Fsp3) is 0.375. The number of halogens is 4. The van der Waals surface area contributed by atoms with E-state index in [1.807, 2.05) is 6.07 Å². The van der Waals surface area contributed by atoms with E-state index in [0.29, 0.717) is 0 Å². The molecule has 1 aliphatic heterocycles. The number of benzene rings is 1. The second-order valence-corrected chi connectivity index (χ2v) is 5.32. The highest BCUT2D eigenvalue weighted by Crippen LogP contribution is 2.33. The molecule has 1 aromatic carbocycles. The topological polar surface area (TPSA) is 28.4 Å². The molecule has 1 atom stereocenters. The van der Waals surface area contributed by atoms with Crippen LogP contribution in [0.3, 0.4) is 0 Å². The fourth-order valence-electron chi connectivity index (χ4n) is 2.80. The molecule has 1 N–H and O–H groups in total. The number of rotatable bonds is 3. The van der Waals surface area contributed by atoms with Crippen molar-refractivity contribution in [2.75, 3.05) is 26.2 Å². The minimum Gasteiger partial charge on any atom is -0.467 e. The maximum atomic E-state index is 12.7. The van der Waals surface area contributed by atoms with Crippen molar-refractivity contribution >= 4 is 12.4 Å². The summed E-state index contributed by atoms with van der Waals surface area (Å²) in [6, 6.07) is 8.86. The van der Waals surface area contributed by atoms with Crippen molar-refractivity contribution in [2.45, 2.75) is 12.2 Å². The Bertz CT molecular complexity index is 593. The lowest BCUT2D eigenvalue weighted by Gasteiger charge is -2.34. The van der Waals surface area contributed by atoms with E-state index in [1.54, 1.807) is 12.3 Å². The standard InChI is InChI=1S/C16H17F3N2O.ClH/c17-16(18,19)13-5-3-12(4-6-13)15(14-2-1-11-22-14)21-9-7-20-8-10-21;/h1-6,11,15,20H,7-10H2;1H/t15-;/m0./s1. The molecule has 0 unspecified atom stereocenters. The number of nitrogens with zero attached hydrogens (tertiary/aromatic N) is 1. The van der Waals surface area contributed by atoms with Gasteiger partial charge in [0.25, 0.3) is 0 Å². The molecule has 126 valence electrons. The molecule has 2 heterocycles. The Labute approximate surface area is 138 Å². The number of hydrogen-bond donors (Lipinski definition) is 1. The van der Waals surface area contributed by atoms with Gasteiger partial charge in [0.1, 0.15) is 5.76 Å². The van der Waals surface area contributed by atoms with Gasteiger partial charge in [0, 0.05) is 26.2 Å². The second-order valence-electron chi connectivity index (χ2n) is 5.32. The molecule has 1 fully saturated rings. The van der Waals surface area contributed by atoms with Crippen LogP contribution < -0.4 is 5.32 Å². The number of hydrogen-bond acceptors (Lipinski definition) is 3. The molecule has 1 aromatic heterocycles. The number of nitrogens with one attached hydrogen (secondary N) is 1. The van der Waals surface area contributed by atoms with E-state index in [2.05, 4.69) is 10.2 Å². The van der Waals surface area contributed by atoms with Crippen LogP contribution in [0.15, 0.2) is 47.1 Å². The quantitative estimate of drug-likeness (QED) is 0.918. The Kier molecular flexibility index (Phi) is 5.73.